The summed E-state index contributed by atoms with van der Waals surface area (Å²) in [4.78, 5) is 11.6. The van der Waals surface area contributed by atoms with E-state index in [0.29, 0.717) is 0 Å². The summed E-state index contributed by atoms with van der Waals surface area (Å²) in [5.41, 5.74) is 0.266. The van der Waals surface area contributed by atoms with Crippen LogP contribution >= 0.6 is 0 Å². The summed E-state index contributed by atoms with van der Waals surface area (Å²) in [6, 6.07) is 3.14. The molecule has 3 N–H and O–H groups in total. The molecule has 0 spiro atoms. The lowest BCUT2D eigenvalue weighted by Gasteiger charge is -2.23. The highest BCUT2D eigenvalue weighted by atomic mass is 19.1. The molecular weight excluding hydrogens is 252 g/mol. The second-order valence-corrected chi connectivity index (χ2v) is 4.59. The van der Waals surface area contributed by atoms with Crippen molar-refractivity contribution in [3.05, 3.63) is 35.4 Å². The van der Waals surface area contributed by atoms with Crippen LogP contribution in [0.3, 0.4) is 0 Å². The summed E-state index contributed by atoms with van der Waals surface area (Å²) in [6.07, 6.45) is 1.77. The van der Waals surface area contributed by atoms with E-state index >= 15 is 0 Å². The minimum Gasteiger partial charge on any atom is -0.335 e. The van der Waals surface area contributed by atoms with Gasteiger partial charge in [0, 0.05) is 24.2 Å². The van der Waals surface area contributed by atoms with Crippen molar-refractivity contribution in [1.29, 1.82) is 0 Å². The minimum absolute atomic E-state index is 0.0446. The number of nitrogens with one attached hydrogen (secondary N) is 3. The summed E-state index contributed by atoms with van der Waals surface area (Å²) >= 11 is 0. The van der Waals surface area contributed by atoms with Crippen LogP contribution in [-0.4, -0.2) is 25.2 Å². The van der Waals surface area contributed by atoms with E-state index in [2.05, 4.69) is 16.0 Å². The van der Waals surface area contributed by atoms with Gasteiger partial charge in [-0.3, -0.25) is 0 Å². The molecule has 1 fully saturated rings. The third-order valence-corrected chi connectivity index (χ3v) is 3.13. The summed E-state index contributed by atoms with van der Waals surface area (Å²) in [5.74, 6) is -1.28. The first kappa shape index (κ1) is 13.7. The summed E-state index contributed by atoms with van der Waals surface area (Å²) in [7, 11) is 0. The van der Waals surface area contributed by atoms with Gasteiger partial charge in [0.15, 0.2) is 0 Å². The molecule has 4 nitrogen and oxygen atoms in total. The van der Waals surface area contributed by atoms with Gasteiger partial charge in [0.25, 0.3) is 0 Å². The van der Waals surface area contributed by atoms with Crippen LogP contribution < -0.4 is 16.0 Å². The van der Waals surface area contributed by atoms with Crippen molar-refractivity contribution < 1.29 is 13.6 Å². The standard InChI is InChI=1S/C13H17F2N3O/c14-10-2-1-9(12(15)7-10)8-17-13(19)18-11-3-5-16-6-4-11/h1-2,7,11,16H,3-6,8H2,(H2,17,18,19). The molecule has 19 heavy (non-hydrogen) atoms. The Morgan fingerprint density at radius 1 is 1.32 bits per heavy atom. The molecule has 1 aromatic rings. The van der Waals surface area contributed by atoms with Gasteiger partial charge in [-0.15, -0.1) is 0 Å². The van der Waals surface area contributed by atoms with Crippen LogP contribution in [0.15, 0.2) is 18.2 Å². The molecular formula is C13H17F2N3O. The molecule has 0 saturated carbocycles. The molecule has 0 aromatic heterocycles. The van der Waals surface area contributed by atoms with E-state index in [4.69, 9.17) is 0 Å². The number of rotatable bonds is 3. The van der Waals surface area contributed by atoms with Crippen molar-refractivity contribution in [2.24, 2.45) is 0 Å². The maximum Gasteiger partial charge on any atom is 0.315 e. The summed E-state index contributed by atoms with van der Waals surface area (Å²) < 4.78 is 26.0. The maximum absolute atomic E-state index is 13.3. The Kier molecular flexibility index (Phi) is 4.68. The third kappa shape index (κ3) is 4.17. The van der Waals surface area contributed by atoms with Gasteiger partial charge in [-0.25, -0.2) is 13.6 Å². The number of carbonyl (C=O) groups is 1. The molecule has 1 aliphatic heterocycles. The average molecular weight is 269 g/mol. The van der Waals surface area contributed by atoms with E-state index < -0.39 is 11.6 Å². The van der Waals surface area contributed by atoms with Crippen molar-refractivity contribution in [3.8, 4) is 0 Å². The predicted molar refractivity (Wildman–Crippen MR) is 67.6 cm³/mol. The molecule has 2 amide bonds. The van der Waals surface area contributed by atoms with Crippen LogP contribution in [0, 0.1) is 11.6 Å². The molecule has 0 radical (unpaired) electrons. The zero-order chi connectivity index (χ0) is 13.7. The number of halogens is 2. The van der Waals surface area contributed by atoms with Gasteiger partial charge in [0.2, 0.25) is 0 Å². The van der Waals surface area contributed by atoms with Gasteiger partial charge in [-0.05, 0) is 32.0 Å². The fourth-order valence-electron chi connectivity index (χ4n) is 2.04. The minimum atomic E-state index is -0.651. The normalized spacial score (nSPS) is 16.1. The molecule has 2 rings (SSSR count). The van der Waals surface area contributed by atoms with E-state index in [9.17, 15) is 13.6 Å². The number of carbonyl (C=O) groups excluding carboxylic acids is 1. The van der Waals surface area contributed by atoms with Crippen molar-refractivity contribution in [2.75, 3.05) is 13.1 Å². The molecule has 1 aliphatic rings. The van der Waals surface area contributed by atoms with Crippen molar-refractivity contribution in [3.63, 3.8) is 0 Å². The van der Waals surface area contributed by atoms with E-state index in [-0.39, 0.29) is 24.2 Å². The Hall–Kier alpha value is -1.69. The van der Waals surface area contributed by atoms with E-state index in [1.807, 2.05) is 0 Å². The van der Waals surface area contributed by atoms with Crippen LogP contribution in [0.25, 0.3) is 0 Å². The van der Waals surface area contributed by atoms with Crippen molar-refractivity contribution in [1.82, 2.24) is 16.0 Å². The largest absolute Gasteiger partial charge is 0.335 e. The Labute approximate surface area is 110 Å². The lowest BCUT2D eigenvalue weighted by atomic mass is 10.1. The number of urea groups is 1. The van der Waals surface area contributed by atoms with Gasteiger partial charge in [0.05, 0.1) is 0 Å². The number of benzene rings is 1. The van der Waals surface area contributed by atoms with E-state index in [1.54, 1.807) is 0 Å². The quantitative estimate of drug-likeness (QED) is 0.779. The number of hydrogen-bond acceptors (Lipinski definition) is 2. The van der Waals surface area contributed by atoms with E-state index in [1.165, 1.54) is 12.1 Å². The Morgan fingerprint density at radius 2 is 2.05 bits per heavy atom. The van der Waals surface area contributed by atoms with Gasteiger partial charge in [-0.1, -0.05) is 6.07 Å². The molecule has 0 aliphatic carbocycles. The predicted octanol–water partition coefficient (Wildman–Crippen LogP) is 1.52. The molecule has 0 atom stereocenters. The number of hydrogen-bond donors (Lipinski definition) is 3. The van der Waals surface area contributed by atoms with Gasteiger partial charge in [0.1, 0.15) is 11.6 Å². The van der Waals surface area contributed by atoms with Crippen LogP contribution in [-0.2, 0) is 6.54 Å². The molecule has 1 saturated heterocycles. The highest BCUT2D eigenvalue weighted by molar-refractivity contribution is 5.74. The second-order valence-electron chi connectivity index (χ2n) is 4.59. The Morgan fingerprint density at radius 3 is 2.74 bits per heavy atom. The monoisotopic (exact) mass is 269 g/mol. The topological polar surface area (TPSA) is 53.2 Å². The van der Waals surface area contributed by atoms with Gasteiger partial charge < -0.3 is 16.0 Å². The van der Waals surface area contributed by atoms with Gasteiger partial charge in [-0.2, -0.15) is 0 Å². The maximum atomic E-state index is 13.3. The zero-order valence-electron chi connectivity index (χ0n) is 10.5. The SMILES string of the molecule is O=C(NCc1ccc(F)cc1F)NC1CCNCC1. The first-order valence-electron chi connectivity index (χ1n) is 6.34. The van der Waals surface area contributed by atoms with Crippen molar-refractivity contribution in [2.45, 2.75) is 25.4 Å². The zero-order valence-corrected chi connectivity index (χ0v) is 10.5. The second kappa shape index (κ2) is 6.47. The van der Waals surface area contributed by atoms with Crippen LogP contribution in [0.4, 0.5) is 13.6 Å². The molecule has 1 heterocycles. The molecule has 1 aromatic carbocycles. The first-order valence-corrected chi connectivity index (χ1v) is 6.34. The van der Waals surface area contributed by atoms with Crippen LogP contribution in [0.2, 0.25) is 0 Å². The Balaban J connectivity index is 1.79. The fourth-order valence-corrected chi connectivity index (χ4v) is 2.04. The highest BCUT2D eigenvalue weighted by Crippen LogP contribution is 2.09. The Bertz CT molecular complexity index is 448. The number of piperidine rings is 1. The third-order valence-electron chi connectivity index (χ3n) is 3.13. The molecule has 6 heteroatoms. The molecule has 104 valence electrons. The number of amides is 2. The summed E-state index contributed by atoms with van der Waals surface area (Å²) in [5, 5.41) is 8.61. The lowest BCUT2D eigenvalue weighted by Crippen LogP contribution is -2.46. The summed E-state index contributed by atoms with van der Waals surface area (Å²) in [6.45, 7) is 1.82. The molecule has 0 unspecified atom stereocenters. The van der Waals surface area contributed by atoms with E-state index in [0.717, 1.165) is 32.0 Å². The highest BCUT2D eigenvalue weighted by Gasteiger charge is 2.15. The van der Waals surface area contributed by atoms with Crippen molar-refractivity contribution >= 4 is 6.03 Å². The lowest BCUT2D eigenvalue weighted by molar-refractivity contribution is 0.233. The van der Waals surface area contributed by atoms with Crippen LogP contribution in [0.5, 0.6) is 0 Å². The smallest absolute Gasteiger partial charge is 0.315 e. The average Bonchev–Trinajstić information content (AvgIpc) is 2.39. The molecule has 0 bridgehead atoms. The van der Waals surface area contributed by atoms with Gasteiger partial charge >= 0.3 is 6.03 Å². The van der Waals surface area contributed by atoms with Crippen LogP contribution in [0.1, 0.15) is 18.4 Å². The fraction of sp³-hybridized carbons (Fsp3) is 0.462. The first-order chi connectivity index (χ1) is 9.15.